The Morgan fingerprint density at radius 1 is 0.966 bits per heavy atom. The van der Waals surface area contributed by atoms with Crippen molar-refractivity contribution in [3.63, 3.8) is 0 Å². The molecule has 0 aliphatic rings. The van der Waals surface area contributed by atoms with E-state index in [4.69, 9.17) is 9.47 Å². The molecule has 3 amide bonds. The number of hydrogen-bond acceptors (Lipinski definition) is 5. The largest absolute Gasteiger partial charge is 0.488 e. The number of benzene rings is 2. The molecule has 0 bridgehead atoms. The normalized spacial score (nSPS) is 10.8. The number of esters is 1. The van der Waals surface area contributed by atoms with E-state index in [9.17, 15) is 14.4 Å². The van der Waals surface area contributed by atoms with Gasteiger partial charge in [-0.2, -0.15) is 0 Å². The Hall–Kier alpha value is -3.35. The lowest BCUT2D eigenvalue weighted by atomic mass is 10.1. The first-order valence-corrected chi connectivity index (χ1v) is 9.21. The molecular formula is C22H26N2O5. The molecule has 2 rings (SSSR count). The lowest BCUT2D eigenvalue weighted by Crippen LogP contribution is -2.49. The number of urea groups is 1. The highest BCUT2D eigenvalue weighted by Gasteiger charge is 2.18. The fourth-order valence-electron chi connectivity index (χ4n) is 2.43. The first-order valence-electron chi connectivity index (χ1n) is 9.21. The molecule has 0 unspecified atom stereocenters. The van der Waals surface area contributed by atoms with Crippen molar-refractivity contribution in [3.8, 4) is 5.75 Å². The van der Waals surface area contributed by atoms with E-state index >= 15 is 0 Å². The predicted octanol–water partition coefficient (Wildman–Crippen LogP) is 3.36. The Balaban J connectivity index is 1.93. The first kappa shape index (κ1) is 21.9. The molecule has 0 atom stereocenters. The highest BCUT2D eigenvalue weighted by Crippen LogP contribution is 2.21. The number of para-hydroxylation sites is 1. The standard InChI is InChI=1S/C22H26N2O5/c1-15-9-5-6-10-16(15)13-28-18-12-8-7-11-17(18)20(26)29-14-19(25)23-21(27)24-22(2,3)4/h5-12H,13-14H2,1-4H3,(H2,23,24,25,27). The van der Waals surface area contributed by atoms with Gasteiger partial charge in [0.05, 0.1) is 0 Å². The summed E-state index contributed by atoms with van der Waals surface area (Å²) in [5, 5.41) is 4.70. The van der Waals surface area contributed by atoms with Crippen LogP contribution in [-0.4, -0.2) is 30.1 Å². The van der Waals surface area contributed by atoms with Crippen molar-refractivity contribution in [1.29, 1.82) is 0 Å². The molecule has 0 heterocycles. The van der Waals surface area contributed by atoms with E-state index in [1.165, 1.54) is 0 Å². The van der Waals surface area contributed by atoms with Gasteiger partial charge in [-0.3, -0.25) is 10.1 Å². The fourth-order valence-corrected chi connectivity index (χ4v) is 2.43. The van der Waals surface area contributed by atoms with Crippen LogP contribution in [0.2, 0.25) is 0 Å². The van der Waals surface area contributed by atoms with Gasteiger partial charge in [0.25, 0.3) is 5.91 Å². The highest BCUT2D eigenvalue weighted by atomic mass is 16.5. The molecule has 0 saturated heterocycles. The fraction of sp³-hybridized carbons (Fsp3) is 0.318. The van der Waals surface area contributed by atoms with Crippen molar-refractivity contribution in [1.82, 2.24) is 10.6 Å². The van der Waals surface area contributed by atoms with Crippen LogP contribution in [0.4, 0.5) is 4.79 Å². The summed E-state index contributed by atoms with van der Waals surface area (Å²) >= 11 is 0. The number of rotatable bonds is 6. The van der Waals surface area contributed by atoms with Crippen LogP contribution < -0.4 is 15.4 Å². The van der Waals surface area contributed by atoms with Gasteiger partial charge in [0, 0.05) is 5.54 Å². The van der Waals surface area contributed by atoms with Gasteiger partial charge in [-0.1, -0.05) is 36.4 Å². The van der Waals surface area contributed by atoms with Gasteiger partial charge in [-0.25, -0.2) is 9.59 Å². The molecule has 7 nitrogen and oxygen atoms in total. The van der Waals surface area contributed by atoms with Crippen molar-refractivity contribution in [2.75, 3.05) is 6.61 Å². The minimum Gasteiger partial charge on any atom is -0.488 e. The number of hydrogen-bond donors (Lipinski definition) is 2. The summed E-state index contributed by atoms with van der Waals surface area (Å²) in [7, 11) is 0. The molecule has 0 radical (unpaired) electrons. The van der Waals surface area contributed by atoms with Crippen molar-refractivity contribution in [3.05, 3.63) is 65.2 Å². The van der Waals surface area contributed by atoms with Gasteiger partial charge in [-0.15, -0.1) is 0 Å². The zero-order chi connectivity index (χ0) is 21.4. The Kier molecular flexibility index (Phi) is 7.36. The van der Waals surface area contributed by atoms with Crippen molar-refractivity contribution < 1.29 is 23.9 Å². The maximum Gasteiger partial charge on any atom is 0.342 e. The van der Waals surface area contributed by atoms with E-state index in [0.717, 1.165) is 11.1 Å². The molecule has 2 aromatic rings. The van der Waals surface area contributed by atoms with Crippen LogP contribution >= 0.6 is 0 Å². The molecule has 154 valence electrons. The zero-order valence-electron chi connectivity index (χ0n) is 17.1. The van der Waals surface area contributed by atoms with E-state index in [-0.39, 0.29) is 5.56 Å². The van der Waals surface area contributed by atoms with Crippen LogP contribution in [0, 0.1) is 6.92 Å². The van der Waals surface area contributed by atoms with Crippen LogP contribution in [0.1, 0.15) is 42.3 Å². The summed E-state index contributed by atoms with van der Waals surface area (Å²) in [4.78, 5) is 35.9. The third-order valence-corrected chi connectivity index (χ3v) is 3.83. The molecular weight excluding hydrogens is 372 g/mol. The summed E-state index contributed by atoms with van der Waals surface area (Å²) in [5.74, 6) is -1.08. The SMILES string of the molecule is Cc1ccccc1COc1ccccc1C(=O)OCC(=O)NC(=O)NC(C)(C)C. The van der Waals surface area contributed by atoms with E-state index in [0.29, 0.717) is 12.4 Å². The van der Waals surface area contributed by atoms with Gasteiger partial charge >= 0.3 is 12.0 Å². The Morgan fingerprint density at radius 3 is 2.31 bits per heavy atom. The molecule has 0 aliphatic heterocycles. The zero-order valence-corrected chi connectivity index (χ0v) is 17.1. The third kappa shape index (κ3) is 7.29. The molecule has 7 heteroatoms. The molecule has 0 saturated carbocycles. The van der Waals surface area contributed by atoms with Crippen molar-refractivity contribution >= 4 is 17.9 Å². The Bertz CT molecular complexity index is 887. The third-order valence-electron chi connectivity index (χ3n) is 3.83. The number of carbonyl (C=O) groups excluding carboxylic acids is 3. The molecule has 0 aromatic heterocycles. The number of amides is 3. The smallest absolute Gasteiger partial charge is 0.342 e. The van der Waals surface area contributed by atoms with Crippen LogP contribution in [-0.2, 0) is 16.1 Å². The number of aryl methyl sites for hydroxylation is 1. The average Bonchev–Trinajstić information content (AvgIpc) is 2.64. The molecule has 0 aliphatic carbocycles. The molecule has 29 heavy (non-hydrogen) atoms. The monoisotopic (exact) mass is 398 g/mol. The average molecular weight is 398 g/mol. The molecule has 0 fully saturated rings. The molecule has 2 aromatic carbocycles. The van der Waals surface area contributed by atoms with Crippen molar-refractivity contribution in [2.45, 2.75) is 39.8 Å². The summed E-state index contributed by atoms with van der Waals surface area (Å²) in [6.45, 7) is 7.04. The van der Waals surface area contributed by atoms with Gasteiger partial charge in [-0.05, 0) is 51.0 Å². The first-order chi connectivity index (χ1) is 13.7. The maximum atomic E-state index is 12.4. The number of nitrogens with one attached hydrogen (secondary N) is 2. The van der Waals surface area contributed by atoms with Crippen LogP contribution in [0.3, 0.4) is 0 Å². The van der Waals surface area contributed by atoms with Gasteiger partial charge < -0.3 is 14.8 Å². The predicted molar refractivity (Wildman–Crippen MR) is 109 cm³/mol. The van der Waals surface area contributed by atoms with Crippen molar-refractivity contribution in [2.24, 2.45) is 0 Å². The second kappa shape index (κ2) is 9.73. The minimum atomic E-state index is -0.724. The molecule has 2 N–H and O–H groups in total. The topological polar surface area (TPSA) is 93.7 Å². The van der Waals surface area contributed by atoms with Gasteiger partial charge in [0.15, 0.2) is 6.61 Å². The second-order valence-electron chi connectivity index (χ2n) is 7.54. The van der Waals surface area contributed by atoms with E-state index in [1.807, 2.05) is 31.2 Å². The number of carbonyl (C=O) groups is 3. The quantitative estimate of drug-likeness (QED) is 0.728. The summed E-state index contributed by atoms with van der Waals surface area (Å²) in [5.41, 5.74) is 1.79. The summed E-state index contributed by atoms with van der Waals surface area (Å²) in [6.07, 6.45) is 0. The van der Waals surface area contributed by atoms with Crippen LogP contribution in [0.5, 0.6) is 5.75 Å². The maximum absolute atomic E-state index is 12.4. The van der Waals surface area contributed by atoms with Gasteiger partial charge in [0.1, 0.15) is 17.9 Å². The number of imide groups is 1. The van der Waals surface area contributed by atoms with E-state index < -0.39 is 30.1 Å². The van der Waals surface area contributed by atoms with Crippen LogP contribution in [0.15, 0.2) is 48.5 Å². The Morgan fingerprint density at radius 2 is 1.62 bits per heavy atom. The van der Waals surface area contributed by atoms with E-state index in [1.54, 1.807) is 45.0 Å². The van der Waals surface area contributed by atoms with Crippen LogP contribution in [0.25, 0.3) is 0 Å². The van der Waals surface area contributed by atoms with E-state index in [2.05, 4.69) is 10.6 Å². The Labute approximate surface area is 170 Å². The lowest BCUT2D eigenvalue weighted by molar-refractivity contribution is -0.123. The summed E-state index contributed by atoms with van der Waals surface area (Å²) in [6, 6.07) is 13.8. The van der Waals surface area contributed by atoms with Gasteiger partial charge in [0.2, 0.25) is 0 Å². The highest BCUT2D eigenvalue weighted by molar-refractivity contribution is 5.97. The lowest BCUT2D eigenvalue weighted by Gasteiger charge is -2.20. The number of ether oxygens (including phenoxy) is 2. The summed E-state index contributed by atoms with van der Waals surface area (Å²) < 4.78 is 10.8. The second-order valence-corrected chi connectivity index (χ2v) is 7.54. The minimum absolute atomic E-state index is 0.202. The molecule has 0 spiro atoms.